The van der Waals surface area contributed by atoms with Crippen molar-refractivity contribution in [1.82, 2.24) is 5.12 Å². The van der Waals surface area contributed by atoms with E-state index in [1.807, 2.05) is 0 Å². The van der Waals surface area contributed by atoms with Crippen molar-refractivity contribution in [2.24, 2.45) is 0 Å². The zero-order chi connectivity index (χ0) is 7.78. The summed E-state index contributed by atoms with van der Waals surface area (Å²) in [5.41, 5.74) is 0. The maximum absolute atomic E-state index is 12.4. The average molecular weight is 174 g/mol. The topological polar surface area (TPSA) is 3.24 Å². The van der Waals surface area contributed by atoms with E-state index in [1.165, 1.54) is 0 Å². The molecular weight excluding hydrogens is 167 g/mol. The first-order valence-electron chi connectivity index (χ1n) is 3.00. The third kappa shape index (κ3) is 1.22. The van der Waals surface area contributed by atoms with Crippen LogP contribution in [0.3, 0.4) is 0 Å². The van der Waals surface area contributed by atoms with E-state index in [4.69, 9.17) is 11.6 Å². The maximum atomic E-state index is 12.4. The minimum absolute atomic E-state index is 0.176. The van der Waals surface area contributed by atoms with Gasteiger partial charge >= 0.3 is 6.05 Å². The third-order valence-electron chi connectivity index (χ3n) is 1.51. The molecule has 1 saturated heterocycles. The smallest absolute Gasteiger partial charge is 0.184 e. The van der Waals surface area contributed by atoms with Crippen LogP contribution in [0, 0.1) is 0 Å². The van der Waals surface area contributed by atoms with Gasteiger partial charge in [-0.15, -0.1) is 16.1 Å². The van der Waals surface area contributed by atoms with E-state index in [9.17, 15) is 13.3 Å². The van der Waals surface area contributed by atoms with Crippen molar-refractivity contribution >= 4 is 11.6 Å². The van der Waals surface area contributed by atoms with Crippen LogP contribution in [0.2, 0.25) is 0 Å². The Bertz CT molecular complexity index is 118. The minimum atomic E-state index is -3.47. The summed E-state index contributed by atoms with van der Waals surface area (Å²) in [5.74, 6) is 0. The highest BCUT2D eigenvalue weighted by molar-refractivity contribution is 6.21. The number of halogens is 4. The van der Waals surface area contributed by atoms with Gasteiger partial charge in [-0.05, 0) is 12.8 Å². The molecule has 0 radical (unpaired) electrons. The monoisotopic (exact) mass is 173 g/mol. The summed E-state index contributed by atoms with van der Waals surface area (Å²) >= 11 is 5.17. The Kier molecular flexibility index (Phi) is 2.10. The Morgan fingerprint density at radius 1 is 1.50 bits per heavy atom. The fourth-order valence-electron chi connectivity index (χ4n) is 0.884. The molecule has 1 unspecified atom stereocenters. The van der Waals surface area contributed by atoms with Crippen LogP contribution in [-0.2, 0) is 0 Å². The van der Waals surface area contributed by atoms with Crippen molar-refractivity contribution in [1.29, 1.82) is 0 Å². The van der Waals surface area contributed by atoms with E-state index in [2.05, 4.69) is 0 Å². The molecule has 0 amide bonds. The standard InChI is InChI=1S/C5H7ClF3N/c6-4-2-1-3-10(9)5(4,7)8/h4H,1-3H2. The molecular formula is C5H7ClF3N. The lowest BCUT2D eigenvalue weighted by Gasteiger charge is -2.31. The highest BCUT2D eigenvalue weighted by Crippen LogP contribution is 2.35. The molecule has 0 N–H and O–H groups in total. The van der Waals surface area contributed by atoms with Crippen LogP contribution in [0.5, 0.6) is 0 Å². The summed E-state index contributed by atoms with van der Waals surface area (Å²) in [7, 11) is 0. The molecule has 0 bridgehead atoms. The van der Waals surface area contributed by atoms with Crippen LogP contribution in [-0.4, -0.2) is 23.1 Å². The van der Waals surface area contributed by atoms with Crippen LogP contribution in [0.15, 0.2) is 0 Å². The molecule has 1 heterocycles. The fraction of sp³-hybridized carbons (Fsp3) is 1.00. The molecule has 0 saturated carbocycles. The molecule has 10 heavy (non-hydrogen) atoms. The van der Waals surface area contributed by atoms with Gasteiger partial charge in [0.1, 0.15) is 5.38 Å². The highest BCUT2D eigenvalue weighted by Gasteiger charge is 2.47. The van der Waals surface area contributed by atoms with Gasteiger partial charge in [-0.25, -0.2) is 0 Å². The van der Waals surface area contributed by atoms with Crippen molar-refractivity contribution in [2.45, 2.75) is 24.3 Å². The number of rotatable bonds is 0. The van der Waals surface area contributed by atoms with Gasteiger partial charge < -0.3 is 0 Å². The summed E-state index contributed by atoms with van der Waals surface area (Å²) in [6.07, 6.45) is 0.565. The molecule has 1 nitrogen and oxygen atoms in total. The number of hydrogen-bond acceptors (Lipinski definition) is 1. The SMILES string of the molecule is FN1CCCC(Cl)C1(F)F. The van der Waals surface area contributed by atoms with Crippen molar-refractivity contribution in [2.75, 3.05) is 6.54 Å². The Morgan fingerprint density at radius 3 is 2.50 bits per heavy atom. The predicted molar refractivity (Wildman–Crippen MR) is 31.6 cm³/mol. The average Bonchev–Trinajstić information content (AvgIpc) is 1.84. The lowest BCUT2D eigenvalue weighted by molar-refractivity contribution is -0.249. The Balaban J connectivity index is 2.63. The lowest BCUT2D eigenvalue weighted by atomic mass is 10.1. The maximum Gasteiger partial charge on any atom is 0.345 e. The van der Waals surface area contributed by atoms with Crippen molar-refractivity contribution in [3.63, 3.8) is 0 Å². The van der Waals surface area contributed by atoms with E-state index in [0.29, 0.717) is 6.42 Å². The van der Waals surface area contributed by atoms with Gasteiger partial charge in [0.05, 0.1) is 0 Å². The Morgan fingerprint density at radius 2 is 2.10 bits per heavy atom. The second-order valence-corrected chi connectivity index (χ2v) is 2.81. The number of alkyl halides is 3. The summed E-state index contributed by atoms with van der Waals surface area (Å²) in [4.78, 5) is 0. The minimum Gasteiger partial charge on any atom is -0.184 e. The molecule has 0 aliphatic carbocycles. The Labute approximate surface area is 61.7 Å². The van der Waals surface area contributed by atoms with Gasteiger partial charge in [0, 0.05) is 6.54 Å². The molecule has 0 aromatic rings. The fourth-order valence-corrected chi connectivity index (χ4v) is 1.14. The normalized spacial score (nSPS) is 34.2. The third-order valence-corrected chi connectivity index (χ3v) is 1.99. The number of nitrogens with zero attached hydrogens (tertiary/aromatic N) is 1. The van der Waals surface area contributed by atoms with Crippen LogP contribution in [0.1, 0.15) is 12.8 Å². The summed E-state index contributed by atoms with van der Waals surface area (Å²) in [6, 6.07) is -3.47. The second kappa shape index (κ2) is 2.58. The van der Waals surface area contributed by atoms with E-state index >= 15 is 0 Å². The molecule has 1 aliphatic rings. The largest absolute Gasteiger partial charge is 0.345 e. The van der Waals surface area contributed by atoms with Gasteiger partial charge in [0.2, 0.25) is 0 Å². The van der Waals surface area contributed by atoms with Crippen molar-refractivity contribution in [3.8, 4) is 0 Å². The van der Waals surface area contributed by atoms with Crippen LogP contribution in [0.4, 0.5) is 13.3 Å². The van der Waals surface area contributed by atoms with Gasteiger partial charge in [0.25, 0.3) is 0 Å². The molecule has 0 aromatic carbocycles. The van der Waals surface area contributed by atoms with Crippen LogP contribution in [0.25, 0.3) is 0 Å². The molecule has 60 valence electrons. The second-order valence-electron chi connectivity index (χ2n) is 2.28. The molecule has 0 spiro atoms. The lowest BCUT2D eigenvalue weighted by Crippen LogP contribution is -2.47. The molecule has 1 aliphatic heterocycles. The van der Waals surface area contributed by atoms with Gasteiger partial charge in [-0.1, -0.05) is 5.12 Å². The quantitative estimate of drug-likeness (QED) is 0.308. The number of piperidine rings is 1. The molecule has 0 aromatic heterocycles. The van der Waals surface area contributed by atoms with E-state index in [-0.39, 0.29) is 13.0 Å². The Hall–Kier alpha value is 0.0400. The molecule has 1 fully saturated rings. The predicted octanol–water partition coefficient (Wildman–Crippen LogP) is 2.17. The van der Waals surface area contributed by atoms with Gasteiger partial charge in [0.15, 0.2) is 0 Å². The molecule has 1 rings (SSSR count). The van der Waals surface area contributed by atoms with Crippen LogP contribution < -0.4 is 0 Å². The summed E-state index contributed by atoms with van der Waals surface area (Å²) in [5, 5.41) is -1.88. The van der Waals surface area contributed by atoms with E-state index in [1.54, 1.807) is 0 Å². The van der Waals surface area contributed by atoms with Crippen molar-refractivity contribution in [3.05, 3.63) is 0 Å². The first-order valence-corrected chi connectivity index (χ1v) is 3.44. The number of hydrogen-bond donors (Lipinski definition) is 0. The van der Waals surface area contributed by atoms with Gasteiger partial charge in [-0.3, -0.25) is 0 Å². The highest BCUT2D eigenvalue weighted by atomic mass is 35.5. The zero-order valence-electron chi connectivity index (χ0n) is 5.16. The first kappa shape index (κ1) is 8.14. The zero-order valence-corrected chi connectivity index (χ0v) is 5.91. The van der Waals surface area contributed by atoms with Gasteiger partial charge in [-0.2, -0.15) is 8.78 Å². The molecule has 1 atom stereocenters. The van der Waals surface area contributed by atoms with Crippen LogP contribution >= 0.6 is 11.6 Å². The molecule has 5 heteroatoms. The first-order chi connectivity index (χ1) is 4.55. The summed E-state index contributed by atoms with van der Waals surface area (Å²) in [6.45, 7) is -0.226. The van der Waals surface area contributed by atoms with E-state index in [0.717, 1.165) is 0 Å². The van der Waals surface area contributed by atoms with Crippen molar-refractivity contribution < 1.29 is 13.3 Å². The van der Waals surface area contributed by atoms with E-state index < -0.39 is 16.5 Å². The summed E-state index contributed by atoms with van der Waals surface area (Å²) < 4.78 is 37.0.